The lowest BCUT2D eigenvalue weighted by molar-refractivity contribution is -0.438. The first kappa shape index (κ1) is 70.3. The number of nitrogens with zero attached hydrogens (tertiary/aromatic N) is 3. The summed E-state index contributed by atoms with van der Waals surface area (Å²) in [5.74, 6) is -8.73. The van der Waals surface area contributed by atoms with Gasteiger partial charge in [0.15, 0.2) is 5.71 Å². The van der Waals surface area contributed by atoms with E-state index < -0.39 is 105 Å². The summed E-state index contributed by atoms with van der Waals surface area (Å²) in [6, 6.07) is 6.36. The Hall–Kier alpha value is -7.17. The second-order valence-electron chi connectivity index (χ2n) is 22.3. The lowest BCUT2D eigenvalue weighted by Crippen LogP contribution is -2.46. The fourth-order valence-corrected chi connectivity index (χ4v) is 12.1. The van der Waals surface area contributed by atoms with E-state index in [9.17, 15) is 74.5 Å². The van der Waals surface area contributed by atoms with E-state index in [0.717, 1.165) is 37.9 Å². The standard InChI is InChI=1S/C58H79N5O20S2/c1-57(2)42(40(41-27-25-38(32-43(41)57)84(78,79)80)18-8-5-11-23-49(64)59-29-15-13-20-46(55(74)75)61(34-51(66)67)35-52(68)69)19-9-6-10-22-48-58(3,4)44-33-39(85(81,82)83)26-28-45(44)63(48)31-17-7-12-24-50(65)60-30-16-14-21-47(56(76)77)62(36-53(70)71)37-54(72)73/h6,9-10,19,22,25-28,32-33,40,46-47H,5,7-8,11-18,20-21,23-24,29-31,34-37H2,1-4H3,(H9-,59,60,64,65,66,67,68,69,70,71,72,73,74,75,76,77,78,79,80,81,82,83)/p+1/b9-6+,22-10+,42-19+. The molecule has 1 aliphatic carbocycles. The number of carbonyl (C=O) groups is 8. The molecule has 2 aromatic rings. The first-order chi connectivity index (χ1) is 39.8. The Labute approximate surface area is 494 Å². The molecule has 0 radical (unpaired) electrons. The molecule has 3 atom stereocenters. The summed E-state index contributed by atoms with van der Waals surface area (Å²) < 4.78 is 71.1. The maximum Gasteiger partial charge on any atom is 0.320 e. The smallest absolute Gasteiger partial charge is 0.320 e. The van der Waals surface area contributed by atoms with Gasteiger partial charge in [-0.15, -0.1) is 0 Å². The SMILES string of the molecule is CC1(C)C(/C=C/C=C/C=C2\C(CCCCCC(=O)NCCCCC(C(=O)O)N(CC(=O)O)CC(=O)O)c3ccc(S(=O)(=O)O)cc3C2(C)C)=[N+](CCCCCC(=O)NCCCCC(C(=O)O)N(CC(=O)O)CC(=O)O)c2ccc(S(=O)(=O)O)cc21. The molecule has 4 rings (SSSR count). The van der Waals surface area contributed by atoms with Gasteiger partial charge in [0, 0.05) is 61.4 Å². The van der Waals surface area contributed by atoms with Crippen molar-refractivity contribution in [3.8, 4) is 0 Å². The fraction of sp³-hybridized carbons (Fsp3) is 0.534. The average Bonchev–Trinajstić information content (AvgIpc) is 1.72. The van der Waals surface area contributed by atoms with Gasteiger partial charge in [-0.05, 0) is 113 Å². The van der Waals surface area contributed by atoms with Crippen LogP contribution in [0.3, 0.4) is 0 Å². The Morgan fingerprint density at radius 1 is 0.565 bits per heavy atom. The average molecular weight is 1230 g/mol. The quantitative estimate of drug-likeness (QED) is 0.0168. The summed E-state index contributed by atoms with van der Waals surface area (Å²) in [6.07, 6.45) is 15.5. The van der Waals surface area contributed by atoms with Crippen LogP contribution in [0.4, 0.5) is 5.69 Å². The Kier molecular flexibility index (Phi) is 26.3. The number of carboxylic acid groups (broad SMARTS) is 6. The highest BCUT2D eigenvalue weighted by atomic mass is 32.2. The van der Waals surface area contributed by atoms with Crippen molar-refractivity contribution in [2.24, 2.45) is 0 Å². The molecule has 85 heavy (non-hydrogen) atoms. The van der Waals surface area contributed by atoms with E-state index in [0.29, 0.717) is 76.3 Å². The summed E-state index contributed by atoms with van der Waals surface area (Å²) in [7, 11) is -9.06. The molecule has 3 unspecified atom stereocenters. The zero-order chi connectivity index (χ0) is 63.5. The van der Waals surface area contributed by atoms with Crippen LogP contribution in [0.2, 0.25) is 0 Å². The normalized spacial score (nSPS) is 16.7. The number of carbonyl (C=O) groups excluding carboxylic acids is 2. The van der Waals surface area contributed by atoms with Gasteiger partial charge >= 0.3 is 35.8 Å². The topological polar surface area (TPSA) is 400 Å². The summed E-state index contributed by atoms with van der Waals surface area (Å²) in [6.45, 7) is 5.75. The number of allylic oxidation sites excluding steroid dienone is 6. The van der Waals surface area contributed by atoms with Gasteiger partial charge in [-0.3, -0.25) is 57.3 Å². The Morgan fingerprint density at radius 3 is 1.48 bits per heavy atom. The molecule has 10 N–H and O–H groups in total. The number of fused-ring (bicyclic) bond motifs is 2. The highest BCUT2D eigenvalue weighted by Gasteiger charge is 2.45. The lowest BCUT2D eigenvalue weighted by atomic mass is 9.80. The minimum Gasteiger partial charge on any atom is -0.480 e. The molecule has 0 saturated carbocycles. The van der Waals surface area contributed by atoms with Crippen molar-refractivity contribution >= 4 is 79.3 Å². The number of nitrogens with one attached hydrogen (secondary N) is 2. The number of amides is 2. The van der Waals surface area contributed by atoms with Crippen molar-refractivity contribution in [3.05, 3.63) is 89.0 Å². The number of unbranched alkanes of at least 4 members (excludes halogenated alkanes) is 6. The van der Waals surface area contributed by atoms with Gasteiger partial charge in [0.05, 0.1) is 41.4 Å². The number of hydrogen-bond donors (Lipinski definition) is 10. The zero-order valence-corrected chi connectivity index (χ0v) is 49.9. The maximum absolute atomic E-state index is 12.7. The van der Waals surface area contributed by atoms with Crippen LogP contribution < -0.4 is 10.6 Å². The first-order valence-corrected chi connectivity index (χ1v) is 30.9. The van der Waals surface area contributed by atoms with Crippen LogP contribution in [-0.2, 0) is 69.4 Å². The maximum atomic E-state index is 12.7. The second-order valence-corrected chi connectivity index (χ2v) is 25.1. The summed E-state index contributed by atoms with van der Waals surface area (Å²) in [5, 5.41) is 61.4. The van der Waals surface area contributed by atoms with Crippen LogP contribution >= 0.6 is 0 Å². The van der Waals surface area contributed by atoms with Crippen LogP contribution in [0.1, 0.15) is 147 Å². The van der Waals surface area contributed by atoms with Crippen LogP contribution in [-0.4, -0.2) is 182 Å². The molecular formula is C58H80N5O20S2+. The van der Waals surface area contributed by atoms with Crippen LogP contribution in [0, 0.1) is 0 Å². The number of aliphatic carboxylic acids is 6. The van der Waals surface area contributed by atoms with Crippen molar-refractivity contribution in [2.75, 3.05) is 45.8 Å². The highest BCUT2D eigenvalue weighted by molar-refractivity contribution is 7.86. The van der Waals surface area contributed by atoms with E-state index in [-0.39, 0.29) is 72.7 Å². The molecule has 0 fully saturated rings. The third kappa shape index (κ3) is 21.1. The third-order valence-electron chi connectivity index (χ3n) is 15.3. The molecule has 2 amide bonds. The van der Waals surface area contributed by atoms with Gasteiger partial charge in [0.25, 0.3) is 20.2 Å². The highest BCUT2D eigenvalue weighted by Crippen LogP contribution is 2.52. The molecule has 25 nitrogen and oxygen atoms in total. The molecule has 2 aliphatic rings. The van der Waals surface area contributed by atoms with Crippen LogP contribution in [0.5, 0.6) is 0 Å². The molecule has 27 heteroatoms. The van der Waals surface area contributed by atoms with Gasteiger partial charge in [0.1, 0.15) is 18.6 Å². The minimum absolute atomic E-state index is 0.0167. The van der Waals surface area contributed by atoms with E-state index in [1.165, 1.54) is 24.3 Å². The van der Waals surface area contributed by atoms with E-state index in [1.54, 1.807) is 12.1 Å². The van der Waals surface area contributed by atoms with E-state index in [2.05, 4.69) is 15.2 Å². The fourth-order valence-electron chi connectivity index (χ4n) is 11.1. The number of benzene rings is 2. The number of hydrogen-bond acceptors (Lipinski definition) is 14. The third-order valence-corrected chi connectivity index (χ3v) is 17.0. The second kappa shape index (κ2) is 31.8. The molecule has 468 valence electrons. The molecule has 1 aliphatic heterocycles. The Balaban J connectivity index is 1.41. The Morgan fingerprint density at radius 2 is 1.02 bits per heavy atom. The summed E-state index contributed by atoms with van der Waals surface area (Å²) >= 11 is 0. The van der Waals surface area contributed by atoms with Crippen molar-refractivity contribution in [1.82, 2.24) is 20.4 Å². The lowest BCUT2D eigenvalue weighted by Gasteiger charge is -2.25. The van der Waals surface area contributed by atoms with E-state index in [4.69, 9.17) is 20.4 Å². The minimum atomic E-state index is -4.54. The molecule has 0 aromatic heterocycles. The molecule has 1 heterocycles. The predicted octanol–water partition coefficient (Wildman–Crippen LogP) is 5.60. The van der Waals surface area contributed by atoms with Crippen molar-refractivity contribution in [3.63, 3.8) is 0 Å². The van der Waals surface area contributed by atoms with Crippen LogP contribution in [0.25, 0.3) is 0 Å². The largest absolute Gasteiger partial charge is 0.480 e. The van der Waals surface area contributed by atoms with Crippen molar-refractivity contribution < 1.29 is 99.5 Å². The number of carboxylic acids is 6. The van der Waals surface area contributed by atoms with Gasteiger partial charge in [-0.25, -0.2) is 0 Å². The van der Waals surface area contributed by atoms with Gasteiger partial charge in [-0.1, -0.05) is 62.6 Å². The first-order valence-electron chi connectivity index (χ1n) is 28.1. The Bertz CT molecular complexity index is 3120. The van der Waals surface area contributed by atoms with Crippen LogP contribution in [0.15, 0.2) is 82.1 Å². The van der Waals surface area contributed by atoms with E-state index >= 15 is 0 Å². The van der Waals surface area contributed by atoms with Gasteiger partial charge in [-0.2, -0.15) is 21.4 Å². The number of rotatable bonds is 39. The molecule has 0 bridgehead atoms. The predicted molar refractivity (Wildman–Crippen MR) is 309 cm³/mol. The molecular weight excluding hydrogens is 1150 g/mol. The van der Waals surface area contributed by atoms with Crippen molar-refractivity contribution in [2.45, 2.75) is 163 Å². The monoisotopic (exact) mass is 1230 g/mol. The van der Waals surface area contributed by atoms with Crippen molar-refractivity contribution in [1.29, 1.82) is 0 Å². The summed E-state index contributed by atoms with van der Waals surface area (Å²) in [4.78, 5) is 95.2. The zero-order valence-electron chi connectivity index (χ0n) is 48.3. The van der Waals surface area contributed by atoms with E-state index in [1.807, 2.05) is 58.1 Å². The molecule has 0 saturated heterocycles. The molecule has 2 aromatic carbocycles. The summed E-state index contributed by atoms with van der Waals surface area (Å²) in [5.41, 5.74) is 3.43. The van der Waals surface area contributed by atoms with Gasteiger partial charge in [0.2, 0.25) is 17.5 Å². The van der Waals surface area contributed by atoms with Gasteiger partial charge < -0.3 is 41.3 Å². The molecule has 0 spiro atoms.